The molecule has 1 aromatic rings. The molecule has 2 atom stereocenters. The Hall–Kier alpha value is -3.05. The Morgan fingerprint density at radius 2 is 1.90 bits per heavy atom. The molecule has 0 aliphatic carbocycles. The van der Waals surface area contributed by atoms with E-state index in [4.69, 9.17) is 10.3 Å². The van der Waals surface area contributed by atoms with Crippen LogP contribution in [0.25, 0.3) is 10.4 Å². The summed E-state index contributed by atoms with van der Waals surface area (Å²) in [5, 5.41) is 3.10. The summed E-state index contributed by atoms with van der Waals surface area (Å²) in [4.78, 5) is 32.6. The number of ether oxygens (including phenoxy) is 1. The number of para-hydroxylation sites is 1. The lowest BCUT2D eigenvalue weighted by Crippen LogP contribution is -2.50. The number of anilines is 1. The molecule has 0 bridgehead atoms. The first-order chi connectivity index (χ1) is 14.2. The number of alkyl halides is 4. The lowest BCUT2D eigenvalue weighted by atomic mass is 10.0. The van der Waals surface area contributed by atoms with Crippen LogP contribution < -0.4 is 5.06 Å². The van der Waals surface area contributed by atoms with E-state index in [1.165, 1.54) is 51.1 Å². The van der Waals surface area contributed by atoms with Crippen molar-refractivity contribution in [2.24, 2.45) is 5.11 Å². The second-order valence-corrected chi connectivity index (χ2v) is 7.87. The summed E-state index contributed by atoms with van der Waals surface area (Å²) in [5.74, 6) is -1.34. The molecule has 2 amide bonds. The van der Waals surface area contributed by atoms with Crippen LogP contribution in [0, 0.1) is 0 Å². The Morgan fingerprint density at radius 1 is 1.29 bits per heavy atom. The number of halogens is 4. The van der Waals surface area contributed by atoms with Gasteiger partial charge in [0.15, 0.2) is 0 Å². The van der Waals surface area contributed by atoms with Gasteiger partial charge < -0.3 is 4.74 Å². The lowest BCUT2D eigenvalue weighted by molar-refractivity contribution is -0.327. The standard InChI is InChI=1S/C18H21F4N5O4/c1-16(2,3)30-15(29)26-11-17(19,10-24-25-23)9-13(26)14(28)27(31-18(20,21)22)12-7-5-4-6-8-12/h4-8,13H,9-11H2,1-3H3. The molecule has 1 aliphatic rings. The van der Waals surface area contributed by atoms with Crippen LogP contribution in [0.3, 0.4) is 0 Å². The zero-order valence-electron chi connectivity index (χ0n) is 17.0. The molecular formula is C18H21F4N5O4. The SMILES string of the molecule is CC(C)(C)OC(=O)N1CC(F)(CN=[N+]=[N-])CC1C(=O)N(OC(F)(F)F)c1ccccc1. The number of likely N-dealkylation sites (tertiary alicyclic amines) is 1. The van der Waals surface area contributed by atoms with Crippen molar-refractivity contribution in [1.29, 1.82) is 0 Å². The van der Waals surface area contributed by atoms with Gasteiger partial charge in [-0.15, -0.1) is 13.2 Å². The number of hydrogen-bond donors (Lipinski definition) is 0. The van der Waals surface area contributed by atoms with Gasteiger partial charge in [0.1, 0.15) is 17.3 Å². The number of hydrogen-bond acceptors (Lipinski definition) is 5. The van der Waals surface area contributed by atoms with Gasteiger partial charge in [-0.2, -0.15) is 9.90 Å². The molecule has 2 rings (SSSR count). The van der Waals surface area contributed by atoms with Crippen LogP contribution in [0.5, 0.6) is 0 Å². The van der Waals surface area contributed by atoms with E-state index < -0.39 is 55.2 Å². The maximum absolute atomic E-state index is 15.2. The molecule has 1 aliphatic heterocycles. The Bertz CT molecular complexity index is 855. The minimum atomic E-state index is -5.24. The average Bonchev–Trinajstić information content (AvgIpc) is 3.01. The number of hydroxylamine groups is 1. The fraction of sp³-hybridized carbons (Fsp3) is 0.556. The van der Waals surface area contributed by atoms with E-state index in [1.807, 2.05) is 0 Å². The molecule has 1 saturated heterocycles. The summed E-state index contributed by atoms with van der Waals surface area (Å²) in [6.45, 7) is 3.15. The highest BCUT2D eigenvalue weighted by Gasteiger charge is 2.52. The minimum absolute atomic E-state index is 0.0403. The van der Waals surface area contributed by atoms with Crippen molar-refractivity contribution in [1.82, 2.24) is 4.90 Å². The van der Waals surface area contributed by atoms with E-state index in [0.29, 0.717) is 4.90 Å². The normalized spacial score (nSPS) is 21.4. The van der Waals surface area contributed by atoms with Gasteiger partial charge in [0.25, 0.3) is 5.91 Å². The third-order valence-corrected chi connectivity index (χ3v) is 4.11. The molecule has 0 N–H and O–H groups in total. The molecular weight excluding hydrogens is 426 g/mol. The maximum atomic E-state index is 15.2. The van der Waals surface area contributed by atoms with Crippen molar-refractivity contribution < 1.29 is 36.7 Å². The van der Waals surface area contributed by atoms with Gasteiger partial charge in [-0.25, -0.2) is 9.18 Å². The van der Waals surface area contributed by atoms with Crippen molar-refractivity contribution in [3.05, 3.63) is 40.8 Å². The lowest BCUT2D eigenvalue weighted by Gasteiger charge is -2.31. The predicted octanol–water partition coefficient (Wildman–Crippen LogP) is 4.50. The van der Waals surface area contributed by atoms with E-state index in [2.05, 4.69) is 14.9 Å². The number of benzene rings is 1. The average molecular weight is 447 g/mol. The number of carbonyl (C=O) groups is 2. The van der Waals surface area contributed by atoms with Crippen LogP contribution in [0.4, 0.5) is 28.0 Å². The monoisotopic (exact) mass is 447 g/mol. The number of nitrogens with zero attached hydrogens (tertiary/aromatic N) is 5. The Kier molecular flexibility index (Phi) is 7.02. The quantitative estimate of drug-likeness (QED) is 0.218. The first kappa shape index (κ1) is 24.2. The van der Waals surface area contributed by atoms with Crippen LogP contribution in [0.2, 0.25) is 0 Å². The highest BCUT2D eigenvalue weighted by molar-refractivity contribution is 5.97. The Morgan fingerprint density at radius 3 is 2.42 bits per heavy atom. The number of azide groups is 1. The van der Waals surface area contributed by atoms with Gasteiger partial charge in [-0.05, 0) is 38.4 Å². The van der Waals surface area contributed by atoms with Gasteiger partial charge >= 0.3 is 12.5 Å². The van der Waals surface area contributed by atoms with Crippen molar-refractivity contribution in [2.45, 2.75) is 50.9 Å². The molecule has 1 aromatic carbocycles. The second kappa shape index (κ2) is 8.98. The van der Waals surface area contributed by atoms with Crippen LogP contribution >= 0.6 is 0 Å². The van der Waals surface area contributed by atoms with Crippen LogP contribution in [-0.4, -0.2) is 53.7 Å². The van der Waals surface area contributed by atoms with E-state index in [9.17, 15) is 22.8 Å². The molecule has 0 aromatic heterocycles. The zero-order chi connectivity index (χ0) is 23.4. The Labute approximate surface area is 175 Å². The van der Waals surface area contributed by atoms with Gasteiger partial charge in [0.2, 0.25) is 0 Å². The van der Waals surface area contributed by atoms with E-state index in [-0.39, 0.29) is 10.8 Å². The summed E-state index contributed by atoms with van der Waals surface area (Å²) in [6.07, 6.45) is -7.06. The molecule has 0 radical (unpaired) electrons. The van der Waals surface area contributed by atoms with Gasteiger partial charge in [-0.3, -0.25) is 9.69 Å². The third kappa shape index (κ3) is 6.72. The second-order valence-electron chi connectivity index (χ2n) is 7.87. The zero-order valence-corrected chi connectivity index (χ0v) is 17.0. The van der Waals surface area contributed by atoms with Crippen LogP contribution in [0.1, 0.15) is 27.2 Å². The van der Waals surface area contributed by atoms with E-state index >= 15 is 4.39 Å². The van der Waals surface area contributed by atoms with Gasteiger partial charge in [0, 0.05) is 11.3 Å². The summed E-state index contributed by atoms with van der Waals surface area (Å²) >= 11 is 0. The molecule has 0 spiro atoms. The van der Waals surface area contributed by atoms with Crippen molar-refractivity contribution in [2.75, 3.05) is 18.2 Å². The summed E-state index contributed by atoms with van der Waals surface area (Å²) in [6, 6.07) is 4.91. The summed E-state index contributed by atoms with van der Waals surface area (Å²) in [7, 11) is 0. The summed E-state index contributed by atoms with van der Waals surface area (Å²) < 4.78 is 59.3. The number of carbonyl (C=O) groups excluding carboxylic acids is 2. The minimum Gasteiger partial charge on any atom is -0.444 e. The molecule has 170 valence electrons. The molecule has 9 nitrogen and oxygen atoms in total. The predicted molar refractivity (Wildman–Crippen MR) is 100 cm³/mol. The Balaban J connectivity index is 2.42. The highest BCUT2D eigenvalue weighted by Crippen LogP contribution is 2.35. The molecule has 1 fully saturated rings. The van der Waals surface area contributed by atoms with Crippen molar-refractivity contribution in [3.63, 3.8) is 0 Å². The van der Waals surface area contributed by atoms with Crippen molar-refractivity contribution in [3.8, 4) is 0 Å². The third-order valence-electron chi connectivity index (χ3n) is 4.11. The maximum Gasteiger partial charge on any atom is 0.544 e. The number of rotatable bonds is 5. The number of amides is 2. The van der Waals surface area contributed by atoms with Crippen molar-refractivity contribution >= 4 is 17.7 Å². The molecule has 1 heterocycles. The molecule has 31 heavy (non-hydrogen) atoms. The molecule has 0 saturated carbocycles. The molecule has 13 heteroatoms. The topological polar surface area (TPSA) is 108 Å². The largest absolute Gasteiger partial charge is 0.544 e. The highest BCUT2D eigenvalue weighted by atomic mass is 19.4. The van der Waals surface area contributed by atoms with E-state index in [0.717, 1.165) is 0 Å². The summed E-state index contributed by atoms with van der Waals surface area (Å²) in [5.41, 5.74) is 4.84. The fourth-order valence-electron chi connectivity index (χ4n) is 2.97. The van der Waals surface area contributed by atoms with Crippen LogP contribution in [-0.2, 0) is 14.4 Å². The smallest absolute Gasteiger partial charge is 0.444 e. The first-order valence-corrected chi connectivity index (χ1v) is 9.09. The molecule has 2 unspecified atom stereocenters. The van der Waals surface area contributed by atoms with Gasteiger partial charge in [0.05, 0.1) is 18.8 Å². The fourth-order valence-corrected chi connectivity index (χ4v) is 2.97. The van der Waals surface area contributed by atoms with Gasteiger partial charge in [-0.1, -0.05) is 23.3 Å². The van der Waals surface area contributed by atoms with E-state index in [1.54, 1.807) is 0 Å². The first-order valence-electron chi connectivity index (χ1n) is 9.09. The van der Waals surface area contributed by atoms with Crippen LogP contribution in [0.15, 0.2) is 35.4 Å².